The molecule has 4 nitrogen and oxygen atoms in total. The fourth-order valence-corrected chi connectivity index (χ4v) is 2.25. The number of unbranched alkanes of at least 4 members (excludes halogenated alkanes) is 9. The molecule has 0 unspecified atom stereocenters. The molecule has 0 atom stereocenters. The quantitative estimate of drug-likeness (QED) is 0.256. The van der Waals surface area contributed by atoms with E-state index in [1.54, 1.807) is 0 Å². The molecule has 0 saturated heterocycles. The molecule has 0 saturated carbocycles. The summed E-state index contributed by atoms with van der Waals surface area (Å²) in [6, 6.07) is 0. The molecule has 0 radical (unpaired) electrons. The number of hydrogen-bond donors (Lipinski definition) is 0. The Bertz CT molecular complexity index is 278. The second kappa shape index (κ2) is 14.1. The third-order valence-corrected chi connectivity index (χ3v) is 3.93. The minimum absolute atomic E-state index is 0. The molecular formula is C16H28BaO4. The standard InChI is InChI=1S/C16H30O4.Ba/c1-3-4-5-6-7-8-9-10-11-12-13-16(2,14(17)18)15(19)20;/h3-13H2,1-2H3,(H,17,18)(H,19,20);/q;+2/p-2. The number of rotatable bonds is 13. The van der Waals surface area contributed by atoms with Crippen molar-refractivity contribution in [3.8, 4) is 0 Å². The van der Waals surface area contributed by atoms with Crippen molar-refractivity contribution in [3.05, 3.63) is 0 Å². The van der Waals surface area contributed by atoms with Gasteiger partial charge in [0.1, 0.15) is 0 Å². The predicted octanol–water partition coefficient (Wildman–Crippen LogP) is 1.42. The van der Waals surface area contributed by atoms with Crippen molar-refractivity contribution in [2.75, 3.05) is 0 Å². The Hall–Kier alpha value is 0.511. The smallest absolute Gasteiger partial charge is 0.549 e. The Balaban J connectivity index is 0. The molecule has 5 heteroatoms. The first kappa shape index (κ1) is 23.8. The van der Waals surface area contributed by atoms with Gasteiger partial charge in [0.05, 0.1) is 11.9 Å². The molecule has 0 amide bonds. The van der Waals surface area contributed by atoms with E-state index in [1.165, 1.54) is 45.4 Å². The van der Waals surface area contributed by atoms with Crippen molar-refractivity contribution in [2.24, 2.45) is 5.41 Å². The van der Waals surface area contributed by atoms with Gasteiger partial charge in [-0.3, -0.25) is 0 Å². The summed E-state index contributed by atoms with van der Waals surface area (Å²) < 4.78 is 0. The van der Waals surface area contributed by atoms with Crippen LogP contribution in [0.1, 0.15) is 84.5 Å². The van der Waals surface area contributed by atoms with Crippen LogP contribution in [0, 0.1) is 5.41 Å². The largest absolute Gasteiger partial charge is 2.00 e. The SMILES string of the molecule is CCCCCCCCCCCCC(C)(C(=O)[O-])C(=O)[O-].[Ba+2]. The van der Waals surface area contributed by atoms with Crippen LogP contribution in [0.3, 0.4) is 0 Å². The number of carboxylic acid groups (broad SMARTS) is 2. The Kier molecular flexibility index (Phi) is 16.0. The van der Waals surface area contributed by atoms with Gasteiger partial charge in [-0.15, -0.1) is 0 Å². The molecule has 0 N–H and O–H groups in total. The molecule has 0 aliphatic rings. The Morgan fingerprint density at radius 1 is 0.762 bits per heavy atom. The van der Waals surface area contributed by atoms with Crippen LogP contribution in [-0.2, 0) is 9.59 Å². The van der Waals surface area contributed by atoms with Gasteiger partial charge in [-0.2, -0.15) is 0 Å². The predicted molar refractivity (Wildman–Crippen MR) is 80.3 cm³/mol. The third kappa shape index (κ3) is 10.8. The van der Waals surface area contributed by atoms with Gasteiger partial charge in [0.25, 0.3) is 0 Å². The van der Waals surface area contributed by atoms with Crippen molar-refractivity contribution in [3.63, 3.8) is 0 Å². The van der Waals surface area contributed by atoms with E-state index >= 15 is 0 Å². The average molecular weight is 422 g/mol. The molecule has 0 bridgehead atoms. The molecule has 0 spiro atoms. The molecule has 0 rings (SSSR count). The summed E-state index contributed by atoms with van der Waals surface area (Å²) in [5.74, 6) is -3.10. The van der Waals surface area contributed by atoms with Crippen LogP contribution in [0.25, 0.3) is 0 Å². The number of hydrogen-bond acceptors (Lipinski definition) is 4. The fourth-order valence-electron chi connectivity index (χ4n) is 2.25. The molecule has 0 heterocycles. The second-order valence-corrected chi connectivity index (χ2v) is 5.84. The molecule has 0 aromatic carbocycles. The van der Waals surface area contributed by atoms with Gasteiger partial charge in [0, 0.05) is 5.41 Å². The first-order chi connectivity index (χ1) is 9.45. The van der Waals surface area contributed by atoms with Gasteiger partial charge in [0.2, 0.25) is 0 Å². The van der Waals surface area contributed by atoms with Gasteiger partial charge >= 0.3 is 48.9 Å². The van der Waals surface area contributed by atoms with Gasteiger partial charge < -0.3 is 19.8 Å². The van der Waals surface area contributed by atoms with Gasteiger partial charge in [-0.05, 0) is 13.3 Å². The van der Waals surface area contributed by atoms with Crippen LogP contribution in [0.15, 0.2) is 0 Å². The summed E-state index contributed by atoms with van der Waals surface area (Å²) in [6.45, 7) is 3.37. The van der Waals surface area contributed by atoms with Crippen molar-refractivity contribution in [2.45, 2.75) is 84.5 Å². The number of carbonyl (C=O) groups is 2. The minimum Gasteiger partial charge on any atom is -0.549 e. The van der Waals surface area contributed by atoms with E-state index in [9.17, 15) is 19.8 Å². The summed E-state index contributed by atoms with van der Waals surface area (Å²) in [6.07, 6.45) is 11.4. The molecule has 118 valence electrons. The van der Waals surface area contributed by atoms with Crippen LogP contribution in [0.2, 0.25) is 0 Å². The van der Waals surface area contributed by atoms with Crippen LogP contribution in [-0.4, -0.2) is 60.8 Å². The Labute approximate surface area is 169 Å². The molecule has 0 aliphatic heterocycles. The first-order valence-electron chi connectivity index (χ1n) is 7.88. The summed E-state index contributed by atoms with van der Waals surface area (Å²) in [7, 11) is 0. The zero-order chi connectivity index (χ0) is 15.4. The van der Waals surface area contributed by atoms with E-state index in [1.807, 2.05) is 0 Å². The number of aliphatic carboxylic acids is 2. The van der Waals surface area contributed by atoms with Gasteiger partial charge in [0.15, 0.2) is 0 Å². The molecule has 0 aromatic heterocycles. The van der Waals surface area contributed by atoms with E-state index in [2.05, 4.69) is 6.92 Å². The van der Waals surface area contributed by atoms with E-state index in [-0.39, 0.29) is 55.3 Å². The molecular weight excluding hydrogens is 394 g/mol. The van der Waals surface area contributed by atoms with Crippen molar-refractivity contribution in [1.29, 1.82) is 0 Å². The zero-order valence-corrected chi connectivity index (χ0v) is 18.1. The average Bonchev–Trinajstić information content (AvgIpc) is 2.40. The topological polar surface area (TPSA) is 80.3 Å². The monoisotopic (exact) mass is 422 g/mol. The maximum absolute atomic E-state index is 10.8. The minimum atomic E-state index is -1.85. The Morgan fingerprint density at radius 2 is 1.10 bits per heavy atom. The molecule has 0 fully saturated rings. The van der Waals surface area contributed by atoms with Crippen LogP contribution >= 0.6 is 0 Å². The molecule has 0 aliphatic carbocycles. The summed E-state index contributed by atoms with van der Waals surface area (Å²) in [5.41, 5.74) is -1.85. The van der Waals surface area contributed by atoms with E-state index in [0.29, 0.717) is 6.42 Å². The van der Waals surface area contributed by atoms with Crippen LogP contribution in [0.4, 0.5) is 0 Å². The zero-order valence-electron chi connectivity index (χ0n) is 13.6. The molecule has 21 heavy (non-hydrogen) atoms. The Morgan fingerprint density at radius 3 is 1.43 bits per heavy atom. The first-order valence-corrected chi connectivity index (χ1v) is 7.88. The van der Waals surface area contributed by atoms with Crippen LogP contribution in [0.5, 0.6) is 0 Å². The maximum atomic E-state index is 10.8. The number of carboxylic acids is 2. The fraction of sp³-hybridized carbons (Fsp3) is 0.875. The van der Waals surface area contributed by atoms with Crippen molar-refractivity contribution < 1.29 is 19.8 Å². The summed E-state index contributed by atoms with van der Waals surface area (Å²) in [5, 5.41) is 21.6. The van der Waals surface area contributed by atoms with E-state index in [0.717, 1.165) is 19.3 Å². The second-order valence-electron chi connectivity index (χ2n) is 5.84. The van der Waals surface area contributed by atoms with Crippen molar-refractivity contribution in [1.82, 2.24) is 0 Å². The molecule has 0 aromatic rings. The maximum Gasteiger partial charge on any atom is 2.00 e. The van der Waals surface area contributed by atoms with E-state index in [4.69, 9.17) is 0 Å². The van der Waals surface area contributed by atoms with Crippen LogP contribution < -0.4 is 10.2 Å². The van der Waals surface area contributed by atoms with Gasteiger partial charge in [-0.1, -0.05) is 71.1 Å². The van der Waals surface area contributed by atoms with Gasteiger partial charge in [-0.25, -0.2) is 0 Å². The number of carbonyl (C=O) groups excluding carboxylic acids is 2. The van der Waals surface area contributed by atoms with E-state index < -0.39 is 17.4 Å². The third-order valence-electron chi connectivity index (χ3n) is 3.93. The normalized spacial score (nSPS) is 11.0. The van der Waals surface area contributed by atoms with Crippen molar-refractivity contribution >= 4 is 60.8 Å². The summed E-state index contributed by atoms with van der Waals surface area (Å²) in [4.78, 5) is 21.6. The summed E-state index contributed by atoms with van der Waals surface area (Å²) >= 11 is 0.